The van der Waals surface area contributed by atoms with Crippen molar-refractivity contribution in [3.8, 4) is 0 Å². The summed E-state index contributed by atoms with van der Waals surface area (Å²) in [6.45, 7) is 4.63. The molecule has 122 valence electrons. The lowest BCUT2D eigenvalue weighted by atomic mass is 9.98. The first-order chi connectivity index (χ1) is 11.0. The van der Waals surface area contributed by atoms with Gasteiger partial charge in [0.05, 0.1) is 11.3 Å². The van der Waals surface area contributed by atoms with E-state index in [1.54, 1.807) is 0 Å². The molecule has 0 radical (unpaired) electrons. The molecule has 1 atom stereocenters. The van der Waals surface area contributed by atoms with Gasteiger partial charge in [0.25, 0.3) is 5.91 Å². The predicted octanol–water partition coefficient (Wildman–Crippen LogP) is 1.56. The Morgan fingerprint density at radius 3 is 2.65 bits per heavy atom. The molecule has 2 aliphatic rings. The molecule has 0 bridgehead atoms. The van der Waals surface area contributed by atoms with Crippen molar-refractivity contribution >= 4 is 17.9 Å². The number of benzene rings is 1. The Hall–Kier alpha value is -1.97. The molecule has 2 amide bonds. The minimum Gasteiger partial charge on any atom is -0.356 e. The molecule has 1 aliphatic carbocycles. The fourth-order valence-electron chi connectivity index (χ4n) is 3.43. The molecule has 4 nitrogen and oxygen atoms in total. The second-order valence-electron chi connectivity index (χ2n) is 6.78. The van der Waals surface area contributed by atoms with Gasteiger partial charge >= 0.3 is 0 Å². The normalized spacial score (nSPS) is 20.6. The summed E-state index contributed by atoms with van der Waals surface area (Å²) in [6, 6.07) is 4.06. The lowest BCUT2D eigenvalue weighted by Crippen LogP contribution is -2.36. The van der Waals surface area contributed by atoms with Gasteiger partial charge < -0.3 is 5.32 Å². The van der Waals surface area contributed by atoms with Crippen LogP contribution in [0.1, 0.15) is 43.2 Å². The van der Waals surface area contributed by atoms with Gasteiger partial charge in [-0.25, -0.2) is 4.99 Å². The third kappa shape index (κ3) is 3.52. The van der Waals surface area contributed by atoms with Crippen LogP contribution in [-0.2, 0) is 9.59 Å². The zero-order valence-electron chi connectivity index (χ0n) is 13.9. The summed E-state index contributed by atoms with van der Waals surface area (Å²) >= 11 is 0. The van der Waals surface area contributed by atoms with E-state index in [4.69, 9.17) is 0 Å². The van der Waals surface area contributed by atoms with Crippen LogP contribution in [0.5, 0.6) is 0 Å². The molecule has 1 aromatic rings. The topological polar surface area (TPSA) is 58.5 Å². The van der Waals surface area contributed by atoms with E-state index in [-0.39, 0.29) is 23.7 Å². The fourth-order valence-corrected chi connectivity index (χ4v) is 3.43. The molecule has 23 heavy (non-hydrogen) atoms. The molecule has 0 saturated heterocycles. The highest BCUT2D eigenvalue weighted by Crippen LogP contribution is 2.24. The van der Waals surface area contributed by atoms with Crippen LogP contribution in [-0.4, -0.2) is 18.4 Å². The Morgan fingerprint density at radius 1 is 1.22 bits per heavy atom. The molecular formula is C19H24N2O2. The first-order valence-electron chi connectivity index (χ1n) is 8.54. The minimum atomic E-state index is -0.228. The van der Waals surface area contributed by atoms with Crippen molar-refractivity contribution in [1.82, 2.24) is 5.32 Å². The van der Waals surface area contributed by atoms with E-state index in [0.717, 1.165) is 41.8 Å². The Bertz CT molecular complexity index is 745. The number of nitrogens with one attached hydrogen (secondary N) is 1. The summed E-state index contributed by atoms with van der Waals surface area (Å²) < 4.78 is 0. The largest absolute Gasteiger partial charge is 0.356 e. The van der Waals surface area contributed by atoms with Gasteiger partial charge in [0.2, 0.25) is 5.91 Å². The van der Waals surface area contributed by atoms with E-state index in [2.05, 4.69) is 23.3 Å². The van der Waals surface area contributed by atoms with Gasteiger partial charge in [-0.3, -0.25) is 9.59 Å². The van der Waals surface area contributed by atoms with E-state index in [1.807, 2.05) is 19.1 Å². The van der Waals surface area contributed by atoms with Crippen molar-refractivity contribution in [3.05, 3.63) is 33.8 Å². The molecule has 4 heteroatoms. The fraction of sp³-hybridized carbons (Fsp3) is 0.526. The lowest BCUT2D eigenvalue weighted by molar-refractivity contribution is -0.125. The molecule has 0 aromatic heterocycles. The van der Waals surface area contributed by atoms with Crippen molar-refractivity contribution in [2.75, 3.05) is 6.54 Å². The number of hydrogen-bond donors (Lipinski definition) is 1. The van der Waals surface area contributed by atoms with Crippen molar-refractivity contribution in [3.63, 3.8) is 0 Å². The molecule has 0 spiro atoms. The molecule has 1 aliphatic heterocycles. The maximum absolute atomic E-state index is 12.2. The van der Waals surface area contributed by atoms with Crippen molar-refractivity contribution < 1.29 is 9.59 Å². The summed E-state index contributed by atoms with van der Waals surface area (Å²) in [5.41, 5.74) is 2.36. The van der Waals surface area contributed by atoms with Gasteiger partial charge in [-0.2, -0.15) is 0 Å². The third-order valence-electron chi connectivity index (χ3n) is 5.05. The van der Waals surface area contributed by atoms with E-state index in [1.165, 1.54) is 5.56 Å². The summed E-state index contributed by atoms with van der Waals surface area (Å²) in [4.78, 5) is 28.4. The number of aryl methyl sites for hydroxylation is 2. The van der Waals surface area contributed by atoms with Gasteiger partial charge in [-0.05, 0) is 61.6 Å². The number of carbonyl (C=O) groups is 2. The number of fused-ring (bicyclic) bond motifs is 1. The smallest absolute Gasteiger partial charge is 0.253 e. The number of amides is 2. The zero-order valence-corrected chi connectivity index (χ0v) is 13.9. The van der Waals surface area contributed by atoms with Crippen LogP contribution < -0.4 is 15.9 Å². The third-order valence-corrected chi connectivity index (χ3v) is 5.05. The molecule has 1 heterocycles. The Labute approximate surface area is 136 Å². The first-order valence-corrected chi connectivity index (χ1v) is 8.54. The Balaban J connectivity index is 1.64. The minimum absolute atomic E-state index is 0.101. The van der Waals surface area contributed by atoms with Gasteiger partial charge in [0.15, 0.2) is 0 Å². The molecule has 1 fully saturated rings. The first kappa shape index (κ1) is 15.9. The van der Waals surface area contributed by atoms with Crippen LogP contribution >= 0.6 is 0 Å². The monoisotopic (exact) mass is 312 g/mol. The maximum Gasteiger partial charge on any atom is 0.253 e. The van der Waals surface area contributed by atoms with E-state index in [9.17, 15) is 9.59 Å². The zero-order chi connectivity index (χ0) is 16.4. The van der Waals surface area contributed by atoms with Gasteiger partial charge in [0.1, 0.15) is 0 Å². The molecule has 1 aromatic carbocycles. The lowest BCUT2D eigenvalue weighted by Gasteiger charge is -2.15. The van der Waals surface area contributed by atoms with Gasteiger partial charge in [-0.15, -0.1) is 0 Å². The average Bonchev–Trinajstić information content (AvgIpc) is 3.04. The highest BCUT2D eigenvalue weighted by Gasteiger charge is 2.23. The Morgan fingerprint density at radius 2 is 1.91 bits per heavy atom. The van der Waals surface area contributed by atoms with Gasteiger partial charge in [0, 0.05) is 12.5 Å². The van der Waals surface area contributed by atoms with Crippen LogP contribution in [0.4, 0.5) is 0 Å². The summed E-state index contributed by atoms with van der Waals surface area (Å²) in [5.74, 6) is -0.00371. The summed E-state index contributed by atoms with van der Waals surface area (Å²) in [5, 5.41) is 4.78. The number of rotatable bonds is 4. The van der Waals surface area contributed by atoms with Crippen molar-refractivity contribution in [1.29, 1.82) is 0 Å². The number of nitrogens with zero attached hydrogens (tertiary/aromatic N) is 1. The van der Waals surface area contributed by atoms with Crippen LogP contribution in [0.25, 0.3) is 6.08 Å². The highest BCUT2D eigenvalue weighted by molar-refractivity contribution is 5.86. The van der Waals surface area contributed by atoms with E-state index in [0.29, 0.717) is 13.0 Å². The van der Waals surface area contributed by atoms with Crippen molar-refractivity contribution in [2.45, 2.75) is 46.0 Å². The number of carbonyl (C=O) groups excluding carboxylic acids is 2. The number of hydrogen-bond acceptors (Lipinski definition) is 2. The molecule has 1 saturated carbocycles. The standard InChI is InChI=1S/C19H24N2O2/c1-12-9-16-11-15(19(23)21-17(16)10-13(12)2)7-8-20-18(22)14-5-3-4-6-14/h9-11,14-15H,3-8H2,1-2H3,(H,20,22). The Kier molecular flexibility index (Phi) is 4.60. The second-order valence-corrected chi connectivity index (χ2v) is 6.78. The second kappa shape index (κ2) is 6.65. The highest BCUT2D eigenvalue weighted by atomic mass is 16.2. The van der Waals surface area contributed by atoms with Crippen molar-refractivity contribution in [2.24, 2.45) is 16.8 Å². The van der Waals surface area contributed by atoms with E-state index >= 15 is 0 Å². The summed E-state index contributed by atoms with van der Waals surface area (Å²) in [7, 11) is 0. The molecular weight excluding hydrogens is 288 g/mol. The molecule has 3 rings (SSSR count). The maximum atomic E-state index is 12.2. The van der Waals surface area contributed by atoms with Crippen LogP contribution in [0, 0.1) is 25.7 Å². The quantitative estimate of drug-likeness (QED) is 0.917. The SMILES string of the molecule is Cc1cc2c(cc1C)=NC(=O)C(CCNC(=O)C1CCCC1)C=2. The summed E-state index contributed by atoms with van der Waals surface area (Å²) in [6.07, 6.45) is 6.93. The van der Waals surface area contributed by atoms with Crippen LogP contribution in [0.2, 0.25) is 0 Å². The van der Waals surface area contributed by atoms with Gasteiger partial charge in [-0.1, -0.05) is 18.9 Å². The average molecular weight is 312 g/mol. The van der Waals surface area contributed by atoms with E-state index < -0.39 is 0 Å². The molecule has 1 unspecified atom stereocenters. The van der Waals surface area contributed by atoms with Crippen LogP contribution in [0.15, 0.2) is 17.1 Å². The van der Waals surface area contributed by atoms with Crippen LogP contribution in [0.3, 0.4) is 0 Å². The molecule has 1 N–H and O–H groups in total. The predicted molar refractivity (Wildman–Crippen MR) is 89.2 cm³/mol.